The minimum absolute atomic E-state index is 0.0723. The molecule has 5 heteroatoms. The second-order valence-corrected chi connectivity index (χ2v) is 6.01. The minimum Gasteiger partial charge on any atom is -0.493 e. The zero-order valence-corrected chi connectivity index (χ0v) is 14.2. The predicted octanol–water partition coefficient (Wildman–Crippen LogP) is 2.63. The first-order chi connectivity index (χ1) is 11.2. The molecule has 1 aliphatic rings. The van der Waals surface area contributed by atoms with Gasteiger partial charge in [0.2, 0.25) is 5.91 Å². The Morgan fingerprint density at radius 3 is 2.57 bits per heavy atom. The van der Waals surface area contributed by atoms with Gasteiger partial charge >= 0.3 is 0 Å². The summed E-state index contributed by atoms with van der Waals surface area (Å²) >= 11 is 0. The second kappa shape index (κ2) is 9.40. The SMILES string of the molecule is COc1ccc(CNC(=O)CCNC2CCCCC2)cc1OC. The molecular formula is C18H28N2O3. The molecule has 1 aromatic carbocycles. The molecule has 0 unspecified atom stereocenters. The molecule has 1 amide bonds. The molecule has 1 saturated carbocycles. The van der Waals surface area contributed by atoms with Gasteiger partial charge in [0.15, 0.2) is 11.5 Å². The summed E-state index contributed by atoms with van der Waals surface area (Å²) in [5, 5.41) is 6.44. The van der Waals surface area contributed by atoms with Crippen LogP contribution in [0.5, 0.6) is 11.5 Å². The summed E-state index contributed by atoms with van der Waals surface area (Å²) in [6.07, 6.45) is 6.97. The van der Waals surface area contributed by atoms with Gasteiger partial charge in [0.25, 0.3) is 0 Å². The van der Waals surface area contributed by atoms with Crippen LogP contribution in [0.15, 0.2) is 18.2 Å². The summed E-state index contributed by atoms with van der Waals surface area (Å²) in [4.78, 5) is 11.9. The third-order valence-electron chi connectivity index (χ3n) is 4.33. The van der Waals surface area contributed by atoms with E-state index in [1.54, 1.807) is 14.2 Å². The van der Waals surface area contributed by atoms with E-state index in [0.29, 0.717) is 30.5 Å². The topological polar surface area (TPSA) is 59.6 Å². The molecule has 0 heterocycles. The summed E-state index contributed by atoms with van der Waals surface area (Å²) < 4.78 is 10.5. The minimum atomic E-state index is 0.0723. The van der Waals surface area contributed by atoms with Crippen LogP contribution in [0.2, 0.25) is 0 Å². The van der Waals surface area contributed by atoms with Crippen molar-refractivity contribution in [2.24, 2.45) is 0 Å². The highest BCUT2D eigenvalue weighted by atomic mass is 16.5. The number of hydrogen-bond donors (Lipinski definition) is 2. The number of amides is 1. The maximum atomic E-state index is 11.9. The van der Waals surface area contributed by atoms with Crippen LogP contribution in [0.25, 0.3) is 0 Å². The molecule has 1 aromatic rings. The summed E-state index contributed by atoms with van der Waals surface area (Å²) in [6, 6.07) is 6.27. The van der Waals surface area contributed by atoms with Crippen molar-refractivity contribution in [3.63, 3.8) is 0 Å². The van der Waals surface area contributed by atoms with E-state index < -0.39 is 0 Å². The quantitative estimate of drug-likeness (QED) is 0.773. The van der Waals surface area contributed by atoms with Crippen LogP contribution < -0.4 is 20.1 Å². The maximum Gasteiger partial charge on any atom is 0.221 e. The molecule has 2 rings (SSSR count). The van der Waals surface area contributed by atoms with Gasteiger partial charge in [-0.25, -0.2) is 0 Å². The van der Waals surface area contributed by atoms with Gasteiger partial charge in [0.1, 0.15) is 0 Å². The molecule has 0 atom stereocenters. The average Bonchev–Trinajstić information content (AvgIpc) is 2.60. The second-order valence-electron chi connectivity index (χ2n) is 6.01. The molecule has 0 saturated heterocycles. The van der Waals surface area contributed by atoms with Gasteiger partial charge in [-0.3, -0.25) is 4.79 Å². The molecule has 0 aromatic heterocycles. The first-order valence-corrected chi connectivity index (χ1v) is 8.44. The van der Waals surface area contributed by atoms with Gasteiger partial charge in [0.05, 0.1) is 14.2 Å². The number of carbonyl (C=O) groups excluding carboxylic acids is 1. The number of benzene rings is 1. The van der Waals surface area contributed by atoms with Crippen molar-refractivity contribution < 1.29 is 14.3 Å². The van der Waals surface area contributed by atoms with Crippen molar-refractivity contribution in [3.05, 3.63) is 23.8 Å². The molecule has 0 radical (unpaired) electrons. The monoisotopic (exact) mass is 320 g/mol. The largest absolute Gasteiger partial charge is 0.493 e. The van der Waals surface area contributed by atoms with Crippen LogP contribution in [0, 0.1) is 0 Å². The van der Waals surface area contributed by atoms with Crippen molar-refractivity contribution in [3.8, 4) is 11.5 Å². The number of nitrogens with one attached hydrogen (secondary N) is 2. The first kappa shape index (κ1) is 17.6. The van der Waals surface area contributed by atoms with Gasteiger partial charge in [-0.05, 0) is 30.5 Å². The van der Waals surface area contributed by atoms with Gasteiger partial charge in [-0.2, -0.15) is 0 Å². The fourth-order valence-electron chi connectivity index (χ4n) is 2.98. The van der Waals surface area contributed by atoms with E-state index in [4.69, 9.17) is 9.47 Å². The van der Waals surface area contributed by atoms with Gasteiger partial charge in [-0.1, -0.05) is 25.3 Å². The fourth-order valence-corrected chi connectivity index (χ4v) is 2.98. The van der Waals surface area contributed by atoms with Crippen molar-refractivity contribution in [2.75, 3.05) is 20.8 Å². The zero-order valence-electron chi connectivity index (χ0n) is 14.2. The van der Waals surface area contributed by atoms with E-state index in [1.807, 2.05) is 18.2 Å². The lowest BCUT2D eigenvalue weighted by molar-refractivity contribution is -0.121. The lowest BCUT2D eigenvalue weighted by Crippen LogP contribution is -2.34. The standard InChI is InChI=1S/C18H28N2O3/c1-22-16-9-8-14(12-17(16)23-2)13-20-18(21)10-11-19-15-6-4-3-5-7-15/h8-9,12,15,19H,3-7,10-11,13H2,1-2H3,(H,20,21). The van der Waals surface area contributed by atoms with Crippen molar-refractivity contribution in [2.45, 2.75) is 51.1 Å². The third-order valence-corrected chi connectivity index (χ3v) is 4.33. The third kappa shape index (κ3) is 5.75. The Bertz CT molecular complexity index is 499. The van der Waals surface area contributed by atoms with Crippen molar-refractivity contribution in [1.82, 2.24) is 10.6 Å². The summed E-state index contributed by atoms with van der Waals surface area (Å²) in [7, 11) is 3.22. The fraction of sp³-hybridized carbons (Fsp3) is 0.611. The van der Waals surface area contributed by atoms with Gasteiger partial charge in [0, 0.05) is 25.6 Å². The smallest absolute Gasteiger partial charge is 0.221 e. The first-order valence-electron chi connectivity index (χ1n) is 8.44. The molecule has 5 nitrogen and oxygen atoms in total. The summed E-state index contributed by atoms with van der Waals surface area (Å²) in [6.45, 7) is 1.26. The van der Waals surface area contributed by atoms with E-state index in [1.165, 1.54) is 32.1 Å². The molecule has 0 spiro atoms. The molecule has 1 fully saturated rings. The van der Waals surface area contributed by atoms with E-state index in [-0.39, 0.29) is 5.91 Å². The van der Waals surface area contributed by atoms with Gasteiger partial charge in [-0.15, -0.1) is 0 Å². The Hall–Kier alpha value is -1.75. The molecule has 0 bridgehead atoms. The number of methoxy groups -OCH3 is 2. The highest BCUT2D eigenvalue weighted by Gasteiger charge is 2.12. The Labute approximate surface area is 138 Å². The zero-order chi connectivity index (χ0) is 16.5. The predicted molar refractivity (Wildman–Crippen MR) is 90.9 cm³/mol. The number of ether oxygens (including phenoxy) is 2. The van der Waals surface area contributed by atoms with Crippen LogP contribution in [-0.4, -0.2) is 32.7 Å². The lowest BCUT2D eigenvalue weighted by atomic mass is 9.95. The Balaban J connectivity index is 1.69. The Morgan fingerprint density at radius 2 is 1.87 bits per heavy atom. The van der Waals surface area contributed by atoms with E-state index in [2.05, 4.69) is 10.6 Å². The molecule has 128 valence electrons. The molecular weight excluding hydrogens is 292 g/mol. The van der Waals surface area contributed by atoms with Crippen LogP contribution >= 0.6 is 0 Å². The number of hydrogen-bond acceptors (Lipinski definition) is 4. The molecule has 23 heavy (non-hydrogen) atoms. The van der Waals surface area contributed by atoms with Crippen molar-refractivity contribution in [1.29, 1.82) is 0 Å². The van der Waals surface area contributed by atoms with Crippen LogP contribution in [0.4, 0.5) is 0 Å². The Kier molecular flexibility index (Phi) is 7.20. The lowest BCUT2D eigenvalue weighted by Gasteiger charge is -2.22. The molecule has 0 aliphatic heterocycles. The highest BCUT2D eigenvalue weighted by Crippen LogP contribution is 2.27. The molecule has 2 N–H and O–H groups in total. The Morgan fingerprint density at radius 1 is 1.13 bits per heavy atom. The maximum absolute atomic E-state index is 11.9. The van der Waals surface area contributed by atoms with Crippen LogP contribution in [0.3, 0.4) is 0 Å². The average molecular weight is 320 g/mol. The number of rotatable bonds is 8. The van der Waals surface area contributed by atoms with Crippen LogP contribution in [-0.2, 0) is 11.3 Å². The molecule has 1 aliphatic carbocycles. The summed E-state index contributed by atoms with van der Waals surface area (Å²) in [5.41, 5.74) is 0.997. The normalized spacial score (nSPS) is 15.2. The number of carbonyl (C=O) groups is 1. The highest BCUT2D eigenvalue weighted by molar-refractivity contribution is 5.76. The van der Waals surface area contributed by atoms with E-state index >= 15 is 0 Å². The van der Waals surface area contributed by atoms with Crippen molar-refractivity contribution >= 4 is 5.91 Å². The van der Waals surface area contributed by atoms with E-state index in [9.17, 15) is 4.79 Å². The van der Waals surface area contributed by atoms with Gasteiger partial charge < -0.3 is 20.1 Å². The van der Waals surface area contributed by atoms with Crippen LogP contribution in [0.1, 0.15) is 44.1 Å². The van der Waals surface area contributed by atoms with E-state index in [0.717, 1.165) is 12.1 Å². The summed E-state index contributed by atoms with van der Waals surface area (Å²) in [5.74, 6) is 1.44.